The van der Waals surface area contributed by atoms with Gasteiger partial charge in [0.25, 0.3) is 5.91 Å². The van der Waals surface area contributed by atoms with Gasteiger partial charge in [-0.1, -0.05) is 50.2 Å². The number of aliphatic hydroxyl groups is 1. The number of amides is 1. The number of carbonyl (C=O) groups excluding carboxylic acids is 1. The highest BCUT2D eigenvalue weighted by Gasteiger charge is 2.44. The minimum atomic E-state index is -0.817. The Balaban J connectivity index is 1.38. The number of nitrogens with one attached hydrogen (secondary N) is 2. The summed E-state index contributed by atoms with van der Waals surface area (Å²) in [6.07, 6.45) is 2.39. The van der Waals surface area contributed by atoms with Crippen LogP contribution in [-0.4, -0.2) is 50.0 Å². The van der Waals surface area contributed by atoms with Gasteiger partial charge in [0.2, 0.25) is 0 Å². The Morgan fingerprint density at radius 2 is 1.80 bits per heavy atom. The Morgan fingerprint density at radius 1 is 1.02 bits per heavy atom. The van der Waals surface area contributed by atoms with Crippen molar-refractivity contribution in [3.8, 4) is 11.5 Å². The quantitative estimate of drug-likeness (QED) is 0.357. The van der Waals surface area contributed by atoms with Crippen molar-refractivity contribution in [3.05, 3.63) is 94.5 Å². The Bertz CT molecular complexity index is 1340. The first-order valence-electron chi connectivity index (χ1n) is 14.7. The number of fused-ring (bicyclic) bond motifs is 4. The van der Waals surface area contributed by atoms with Crippen molar-refractivity contribution >= 4 is 5.91 Å². The second kappa shape index (κ2) is 13.1. The largest absolute Gasteiger partial charge is 0.493 e. The summed E-state index contributed by atoms with van der Waals surface area (Å²) in [4.78, 5) is 13.6. The first kappa shape index (κ1) is 29.1. The molecule has 0 unspecified atom stereocenters. The van der Waals surface area contributed by atoms with E-state index in [1.54, 1.807) is 13.2 Å². The Labute approximate surface area is 243 Å². The molecule has 2 atom stereocenters. The molecule has 0 aromatic heterocycles. The zero-order valence-corrected chi connectivity index (χ0v) is 24.3. The summed E-state index contributed by atoms with van der Waals surface area (Å²) in [6, 6.07) is 21.5. The van der Waals surface area contributed by atoms with E-state index in [4.69, 9.17) is 14.2 Å². The number of benzene rings is 3. The third kappa shape index (κ3) is 7.47. The lowest BCUT2D eigenvalue weighted by Gasteiger charge is -2.28. The van der Waals surface area contributed by atoms with Crippen LogP contribution >= 0.6 is 0 Å². The van der Waals surface area contributed by atoms with Gasteiger partial charge in [0.05, 0.1) is 32.0 Å². The number of aliphatic hydroxyl groups excluding tert-OH is 1. The van der Waals surface area contributed by atoms with Crippen molar-refractivity contribution in [2.45, 2.75) is 69.7 Å². The van der Waals surface area contributed by atoms with Crippen molar-refractivity contribution < 1.29 is 24.1 Å². The summed E-state index contributed by atoms with van der Waals surface area (Å²) in [5, 5.41) is 18.3. The average molecular weight is 559 g/mol. The summed E-state index contributed by atoms with van der Waals surface area (Å²) >= 11 is 0. The van der Waals surface area contributed by atoms with Crippen LogP contribution in [0.4, 0.5) is 0 Å². The topological polar surface area (TPSA) is 89.1 Å². The molecule has 1 aliphatic carbocycles. The lowest BCUT2D eigenvalue weighted by Crippen LogP contribution is -2.50. The zero-order valence-electron chi connectivity index (χ0n) is 24.3. The summed E-state index contributed by atoms with van der Waals surface area (Å²) in [6.45, 7) is 6.10. The molecule has 2 aliphatic rings. The second-order valence-corrected chi connectivity index (χ2v) is 11.6. The van der Waals surface area contributed by atoms with Crippen molar-refractivity contribution in [3.63, 3.8) is 0 Å². The lowest BCUT2D eigenvalue weighted by atomic mass is 9.95. The van der Waals surface area contributed by atoms with E-state index >= 15 is 0 Å². The van der Waals surface area contributed by atoms with Crippen LogP contribution in [0.3, 0.4) is 0 Å². The monoisotopic (exact) mass is 558 g/mol. The van der Waals surface area contributed by atoms with Gasteiger partial charge in [-0.05, 0) is 77.8 Å². The zero-order chi connectivity index (χ0) is 28.8. The van der Waals surface area contributed by atoms with E-state index in [0.29, 0.717) is 56.4 Å². The van der Waals surface area contributed by atoms with Gasteiger partial charge in [0.15, 0.2) is 0 Å². The normalized spacial score (nSPS) is 19.2. The van der Waals surface area contributed by atoms with Crippen LogP contribution in [0.15, 0.2) is 66.7 Å². The average Bonchev–Trinajstić information content (AvgIpc) is 3.76. The molecule has 1 heterocycles. The van der Waals surface area contributed by atoms with Crippen molar-refractivity contribution in [1.29, 1.82) is 0 Å². The molecule has 1 amide bonds. The molecule has 3 N–H and O–H groups in total. The summed E-state index contributed by atoms with van der Waals surface area (Å²) < 4.78 is 17.3. The predicted octanol–water partition coefficient (Wildman–Crippen LogP) is 5.10. The van der Waals surface area contributed by atoms with Gasteiger partial charge >= 0.3 is 0 Å². The van der Waals surface area contributed by atoms with Crippen molar-refractivity contribution in [1.82, 2.24) is 10.6 Å². The van der Waals surface area contributed by atoms with Gasteiger partial charge in [-0.2, -0.15) is 0 Å². The third-order valence-corrected chi connectivity index (χ3v) is 8.01. The lowest BCUT2D eigenvalue weighted by molar-refractivity contribution is 0.0821. The van der Waals surface area contributed by atoms with E-state index in [9.17, 15) is 9.90 Å². The minimum Gasteiger partial charge on any atom is -0.493 e. The van der Waals surface area contributed by atoms with Crippen LogP contribution in [0, 0.1) is 0 Å². The number of rotatable bonds is 8. The maximum atomic E-state index is 13.6. The first-order valence-corrected chi connectivity index (χ1v) is 14.7. The van der Waals surface area contributed by atoms with Crippen molar-refractivity contribution in [2.24, 2.45) is 0 Å². The van der Waals surface area contributed by atoms with Crippen LogP contribution in [0.2, 0.25) is 0 Å². The minimum absolute atomic E-state index is 0.135. The number of hydrogen-bond donors (Lipinski definition) is 3. The molecule has 41 heavy (non-hydrogen) atoms. The molecule has 7 heteroatoms. The standard InChI is InChI=1S/C34H42N2O5/c1-23(2)26-8-5-9-28(19-26)34(11-12-34)35-21-32(37)31-18-24-7-4-10-29(16-24)40-13-6-14-41-30-17-25(22-39-3)15-27(20-30)33(38)36-31/h4-5,7-10,15-17,19-20,23,31-32,35,37H,6,11-14,18,21-22H2,1-3H3,(H,36,38)/t31-,32+/m0/s1. The summed E-state index contributed by atoms with van der Waals surface area (Å²) in [5.41, 5.74) is 4.74. The van der Waals surface area contributed by atoms with E-state index in [1.165, 1.54) is 11.1 Å². The van der Waals surface area contributed by atoms with Gasteiger partial charge in [-0.3, -0.25) is 4.79 Å². The SMILES string of the molecule is COCc1cc2cc(c1)C(=O)N[C@H]([C@H](O)CNC1(c3cccc(C(C)C)c3)CC1)Cc1cccc(c1)OCCCO2. The molecule has 4 bridgehead atoms. The molecule has 1 saturated carbocycles. The number of ether oxygens (including phenoxy) is 3. The van der Waals surface area contributed by atoms with Crippen LogP contribution in [0.5, 0.6) is 11.5 Å². The maximum Gasteiger partial charge on any atom is 0.251 e. The van der Waals surface area contributed by atoms with Crippen LogP contribution < -0.4 is 20.1 Å². The van der Waals surface area contributed by atoms with Gasteiger partial charge in [-0.15, -0.1) is 0 Å². The Hall–Kier alpha value is -3.39. The van der Waals surface area contributed by atoms with Gasteiger partial charge in [0, 0.05) is 31.2 Å². The molecule has 1 aliphatic heterocycles. The Kier molecular flexibility index (Phi) is 9.28. The molecule has 5 rings (SSSR count). The number of methoxy groups -OCH3 is 1. The highest BCUT2D eigenvalue weighted by molar-refractivity contribution is 5.95. The summed E-state index contributed by atoms with van der Waals surface area (Å²) in [5.74, 6) is 1.57. The van der Waals surface area contributed by atoms with E-state index in [2.05, 4.69) is 48.7 Å². The van der Waals surface area contributed by atoms with Gasteiger partial charge < -0.3 is 30.0 Å². The molecule has 218 valence electrons. The highest BCUT2D eigenvalue weighted by atomic mass is 16.5. The van der Waals surface area contributed by atoms with Crippen LogP contribution in [-0.2, 0) is 23.3 Å². The summed E-state index contributed by atoms with van der Waals surface area (Å²) in [7, 11) is 1.62. The molecular formula is C34H42N2O5. The molecule has 1 fully saturated rings. The molecule has 0 spiro atoms. The third-order valence-electron chi connectivity index (χ3n) is 8.01. The molecule has 3 aromatic carbocycles. The maximum absolute atomic E-state index is 13.6. The molecule has 7 nitrogen and oxygen atoms in total. The van der Waals surface area contributed by atoms with E-state index in [1.807, 2.05) is 36.4 Å². The molecule has 0 radical (unpaired) electrons. The van der Waals surface area contributed by atoms with Crippen molar-refractivity contribution in [2.75, 3.05) is 26.9 Å². The van der Waals surface area contributed by atoms with E-state index < -0.39 is 12.1 Å². The fraction of sp³-hybridized carbons (Fsp3) is 0.441. The second-order valence-electron chi connectivity index (χ2n) is 11.6. The van der Waals surface area contributed by atoms with E-state index in [-0.39, 0.29) is 11.4 Å². The van der Waals surface area contributed by atoms with Crippen LogP contribution in [0.1, 0.15) is 71.6 Å². The van der Waals surface area contributed by atoms with Crippen LogP contribution in [0.25, 0.3) is 0 Å². The number of carbonyl (C=O) groups is 1. The molecular weight excluding hydrogens is 516 g/mol. The molecule has 3 aromatic rings. The number of hydrogen-bond acceptors (Lipinski definition) is 6. The smallest absolute Gasteiger partial charge is 0.251 e. The van der Waals surface area contributed by atoms with Gasteiger partial charge in [-0.25, -0.2) is 0 Å². The van der Waals surface area contributed by atoms with E-state index in [0.717, 1.165) is 29.7 Å². The predicted molar refractivity (Wildman–Crippen MR) is 160 cm³/mol. The Morgan fingerprint density at radius 3 is 2.56 bits per heavy atom. The fourth-order valence-corrected chi connectivity index (χ4v) is 5.45. The highest BCUT2D eigenvalue weighted by Crippen LogP contribution is 2.46. The van der Waals surface area contributed by atoms with Gasteiger partial charge in [0.1, 0.15) is 11.5 Å². The molecule has 0 saturated heterocycles. The fourth-order valence-electron chi connectivity index (χ4n) is 5.45. The first-order chi connectivity index (χ1) is 19.8.